The van der Waals surface area contributed by atoms with Crippen LogP contribution in [0.15, 0.2) is 22.8 Å². The molecule has 0 atom stereocenters. The first-order valence-electron chi connectivity index (χ1n) is 3.18. The number of halogens is 1. The molecule has 0 aliphatic carbocycles. The highest BCUT2D eigenvalue weighted by Crippen LogP contribution is 2.16. The SMILES string of the molecule is BrCc1cccc2nonc12. The number of alkyl halides is 1. The van der Waals surface area contributed by atoms with E-state index in [0.29, 0.717) is 0 Å². The third-order valence-corrected chi connectivity index (χ3v) is 2.12. The molecule has 2 rings (SSSR count). The Morgan fingerprint density at radius 1 is 1.36 bits per heavy atom. The summed E-state index contributed by atoms with van der Waals surface area (Å²) in [6.07, 6.45) is 0. The first-order valence-corrected chi connectivity index (χ1v) is 4.30. The zero-order valence-corrected chi connectivity index (χ0v) is 7.21. The van der Waals surface area contributed by atoms with Gasteiger partial charge in [-0.1, -0.05) is 28.1 Å². The van der Waals surface area contributed by atoms with E-state index in [9.17, 15) is 0 Å². The van der Waals surface area contributed by atoms with E-state index in [0.717, 1.165) is 21.9 Å². The number of nitrogens with zero attached hydrogens (tertiary/aromatic N) is 2. The second kappa shape index (κ2) is 2.62. The summed E-state index contributed by atoms with van der Waals surface area (Å²) in [6.45, 7) is 0. The van der Waals surface area contributed by atoms with Gasteiger partial charge in [-0.3, -0.25) is 0 Å². The molecule has 1 aromatic carbocycles. The van der Waals surface area contributed by atoms with Gasteiger partial charge >= 0.3 is 0 Å². The lowest BCUT2D eigenvalue weighted by atomic mass is 10.2. The molecular formula is C7H5BrN2O. The predicted molar refractivity (Wildman–Crippen MR) is 44.4 cm³/mol. The maximum absolute atomic E-state index is 4.59. The first-order chi connectivity index (χ1) is 5.42. The van der Waals surface area contributed by atoms with Gasteiger partial charge < -0.3 is 0 Å². The van der Waals surface area contributed by atoms with E-state index in [1.807, 2.05) is 18.2 Å². The number of benzene rings is 1. The molecule has 0 spiro atoms. The van der Waals surface area contributed by atoms with E-state index in [-0.39, 0.29) is 0 Å². The summed E-state index contributed by atoms with van der Waals surface area (Å²) in [4.78, 5) is 0. The second-order valence-electron chi connectivity index (χ2n) is 2.18. The van der Waals surface area contributed by atoms with Crippen LogP contribution in [-0.2, 0) is 5.33 Å². The van der Waals surface area contributed by atoms with Crippen LogP contribution in [0.2, 0.25) is 0 Å². The number of hydrogen-bond acceptors (Lipinski definition) is 3. The highest BCUT2D eigenvalue weighted by atomic mass is 79.9. The van der Waals surface area contributed by atoms with Crippen LogP contribution in [0.4, 0.5) is 0 Å². The molecule has 0 radical (unpaired) electrons. The van der Waals surface area contributed by atoms with E-state index in [2.05, 4.69) is 30.9 Å². The van der Waals surface area contributed by atoms with Crippen molar-refractivity contribution in [2.75, 3.05) is 0 Å². The zero-order valence-electron chi connectivity index (χ0n) is 5.62. The van der Waals surface area contributed by atoms with E-state index in [4.69, 9.17) is 0 Å². The van der Waals surface area contributed by atoms with Crippen LogP contribution in [0.5, 0.6) is 0 Å². The fourth-order valence-electron chi connectivity index (χ4n) is 0.970. The summed E-state index contributed by atoms with van der Waals surface area (Å²) in [5, 5.41) is 8.27. The van der Waals surface area contributed by atoms with Crippen molar-refractivity contribution in [3.8, 4) is 0 Å². The Morgan fingerprint density at radius 3 is 3.09 bits per heavy atom. The standard InChI is InChI=1S/C7H5BrN2O/c8-4-5-2-1-3-6-7(5)10-11-9-6/h1-3H,4H2. The molecule has 4 heteroatoms. The molecule has 2 aromatic rings. The van der Waals surface area contributed by atoms with Crippen molar-refractivity contribution < 1.29 is 4.63 Å². The minimum atomic E-state index is 0.776. The van der Waals surface area contributed by atoms with Crippen molar-refractivity contribution in [3.63, 3.8) is 0 Å². The average molecular weight is 213 g/mol. The van der Waals surface area contributed by atoms with Crippen molar-refractivity contribution in [1.82, 2.24) is 10.3 Å². The van der Waals surface area contributed by atoms with Crippen LogP contribution in [0.1, 0.15) is 5.56 Å². The number of hydrogen-bond donors (Lipinski definition) is 0. The van der Waals surface area contributed by atoms with E-state index < -0.39 is 0 Å². The van der Waals surface area contributed by atoms with Gasteiger partial charge in [0.15, 0.2) is 0 Å². The minimum Gasteiger partial charge on any atom is -0.243 e. The lowest BCUT2D eigenvalue weighted by Crippen LogP contribution is -1.78. The Bertz CT molecular complexity index is 371. The van der Waals surface area contributed by atoms with Gasteiger partial charge in [-0.15, -0.1) is 0 Å². The Labute approximate surface area is 71.5 Å². The Kier molecular flexibility index (Phi) is 1.62. The first kappa shape index (κ1) is 6.79. The number of rotatable bonds is 1. The summed E-state index contributed by atoms with van der Waals surface area (Å²) < 4.78 is 4.59. The average Bonchev–Trinajstić information content (AvgIpc) is 2.50. The molecule has 0 saturated carbocycles. The van der Waals surface area contributed by atoms with Gasteiger partial charge in [0, 0.05) is 5.33 Å². The van der Waals surface area contributed by atoms with Crippen LogP contribution in [0.3, 0.4) is 0 Å². The fraction of sp³-hybridized carbons (Fsp3) is 0.143. The molecule has 1 aromatic heterocycles. The molecule has 0 unspecified atom stereocenters. The number of aromatic nitrogens is 2. The van der Waals surface area contributed by atoms with Crippen molar-refractivity contribution in [2.24, 2.45) is 0 Å². The van der Waals surface area contributed by atoms with Crippen LogP contribution in [0.25, 0.3) is 11.0 Å². The smallest absolute Gasteiger partial charge is 0.139 e. The van der Waals surface area contributed by atoms with Crippen LogP contribution < -0.4 is 0 Å². The van der Waals surface area contributed by atoms with Gasteiger partial charge in [0.1, 0.15) is 11.0 Å². The van der Waals surface area contributed by atoms with Gasteiger partial charge in [0.05, 0.1) is 0 Å². The Morgan fingerprint density at radius 2 is 2.27 bits per heavy atom. The normalized spacial score (nSPS) is 10.6. The van der Waals surface area contributed by atoms with E-state index in [1.54, 1.807) is 0 Å². The molecule has 0 aliphatic rings. The molecule has 1 heterocycles. The summed E-state index contributed by atoms with van der Waals surface area (Å²) in [5.74, 6) is 0. The molecule has 56 valence electrons. The molecule has 0 saturated heterocycles. The molecule has 3 nitrogen and oxygen atoms in total. The van der Waals surface area contributed by atoms with E-state index >= 15 is 0 Å². The molecule has 0 aliphatic heterocycles. The molecule has 0 amide bonds. The Balaban J connectivity index is 2.79. The molecular weight excluding hydrogens is 208 g/mol. The minimum absolute atomic E-state index is 0.776. The highest BCUT2D eigenvalue weighted by Gasteiger charge is 2.03. The topological polar surface area (TPSA) is 38.9 Å². The van der Waals surface area contributed by atoms with E-state index in [1.165, 1.54) is 0 Å². The van der Waals surface area contributed by atoms with Crippen LogP contribution >= 0.6 is 15.9 Å². The quantitative estimate of drug-likeness (QED) is 0.681. The summed E-state index contributed by atoms with van der Waals surface area (Å²) in [7, 11) is 0. The summed E-state index contributed by atoms with van der Waals surface area (Å²) >= 11 is 3.35. The molecule has 0 fully saturated rings. The Hall–Kier alpha value is -0.900. The van der Waals surface area contributed by atoms with Crippen molar-refractivity contribution in [2.45, 2.75) is 5.33 Å². The lowest BCUT2D eigenvalue weighted by molar-refractivity contribution is 0.315. The van der Waals surface area contributed by atoms with Crippen molar-refractivity contribution in [3.05, 3.63) is 23.8 Å². The third kappa shape index (κ3) is 1.03. The highest BCUT2D eigenvalue weighted by molar-refractivity contribution is 9.08. The fourth-order valence-corrected chi connectivity index (χ4v) is 1.42. The second-order valence-corrected chi connectivity index (χ2v) is 2.74. The monoisotopic (exact) mass is 212 g/mol. The molecule has 0 bridgehead atoms. The van der Waals surface area contributed by atoms with Crippen molar-refractivity contribution in [1.29, 1.82) is 0 Å². The lowest BCUT2D eigenvalue weighted by Gasteiger charge is -1.91. The predicted octanol–water partition coefficient (Wildman–Crippen LogP) is 2.12. The molecule has 11 heavy (non-hydrogen) atoms. The molecule has 0 N–H and O–H groups in total. The summed E-state index contributed by atoms with van der Waals surface area (Å²) in [6, 6.07) is 5.79. The maximum atomic E-state index is 4.59. The largest absolute Gasteiger partial charge is 0.243 e. The van der Waals surface area contributed by atoms with Gasteiger partial charge in [-0.05, 0) is 21.9 Å². The van der Waals surface area contributed by atoms with Crippen LogP contribution in [0, 0.1) is 0 Å². The van der Waals surface area contributed by atoms with Gasteiger partial charge in [-0.2, -0.15) is 0 Å². The summed E-state index contributed by atoms with van der Waals surface area (Å²) in [5.41, 5.74) is 2.75. The number of fused-ring (bicyclic) bond motifs is 1. The van der Waals surface area contributed by atoms with Crippen LogP contribution in [-0.4, -0.2) is 10.3 Å². The zero-order chi connectivity index (χ0) is 7.68. The third-order valence-electron chi connectivity index (χ3n) is 1.51. The van der Waals surface area contributed by atoms with Gasteiger partial charge in [0.2, 0.25) is 0 Å². The van der Waals surface area contributed by atoms with Crippen molar-refractivity contribution >= 4 is 27.0 Å². The van der Waals surface area contributed by atoms with Gasteiger partial charge in [-0.25, -0.2) is 4.63 Å². The maximum Gasteiger partial charge on any atom is 0.139 e. The van der Waals surface area contributed by atoms with Gasteiger partial charge in [0.25, 0.3) is 0 Å².